The summed E-state index contributed by atoms with van der Waals surface area (Å²) < 4.78 is 5.14. The number of methoxy groups -OCH3 is 1. The van der Waals surface area contributed by atoms with Crippen LogP contribution in [0.4, 0.5) is 5.69 Å². The Bertz CT molecular complexity index is 452. The number of benzene rings is 1. The average molecular weight is 247 g/mol. The smallest absolute Gasteiger partial charge is 0.224 e. The van der Waals surface area contributed by atoms with Crippen LogP contribution in [-0.4, -0.2) is 26.6 Å². The molecule has 0 atom stereocenters. The van der Waals surface area contributed by atoms with E-state index in [4.69, 9.17) is 10.00 Å². The maximum atomic E-state index is 11.7. The number of nitrogens with one attached hydrogen (secondary N) is 2. The molecular formula is C13H17N3O2. The van der Waals surface area contributed by atoms with Crippen LogP contribution in [-0.2, 0) is 4.79 Å². The van der Waals surface area contributed by atoms with Gasteiger partial charge in [0, 0.05) is 12.5 Å². The van der Waals surface area contributed by atoms with Crippen LogP contribution < -0.4 is 15.4 Å². The molecule has 1 rings (SSSR count). The molecule has 0 unspecified atom stereocenters. The van der Waals surface area contributed by atoms with Gasteiger partial charge >= 0.3 is 0 Å². The number of carbonyl (C=O) groups is 1. The molecule has 1 aromatic carbocycles. The molecule has 1 amide bonds. The van der Waals surface area contributed by atoms with Crippen molar-refractivity contribution in [3.05, 3.63) is 23.8 Å². The van der Waals surface area contributed by atoms with Gasteiger partial charge in [0.25, 0.3) is 0 Å². The zero-order valence-corrected chi connectivity index (χ0v) is 10.6. The first-order valence-corrected chi connectivity index (χ1v) is 5.74. The normalized spacial score (nSPS) is 9.61. The van der Waals surface area contributed by atoms with Gasteiger partial charge in [0.1, 0.15) is 5.75 Å². The van der Waals surface area contributed by atoms with E-state index in [9.17, 15) is 4.79 Å². The van der Waals surface area contributed by atoms with Crippen LogP contribution >= 0.6 is 0 Å². The van der Waals surface area contributed by atoms with Crippen LogP contribution in [0.15, 0.2) is 18.2 Å². The van der Waals surface area contributed by atoms with Crippen LogP contribution in [0, 0.1) is 11.3 Å². The molecule has 0 aromatic heterocycles. The van der Waals surface area contributed by atoms with Crippen molar-refractivity contribution in [2.45, 2.75) is 12.8 Å². The number of hydrogen-bond donors (Lipinski definition) is 2. The van der Waals surface area contributed by atoms with Gasteiger partial charge in [0.2, 0.25) is 5.91 Å². The number of hydrogen-bond acceptors (Lipinski definition) is 4. The Hall–Kier alpha value is -2.06. The summed E-state index contributed by atoms with van der Waals surface area (Å²) in [5.74, 6) is 0.435. The van der Waals surface area contributed by atoms with Crippen molar-refractivity contribution in [3.63, 3.8) is 0 Å². The van der Waals surface area contributed by atoms with E-state index in [0.717, 1.165) is 13.0 Å². The number of amides is 1. The van der Waals surface area contributed by atoms with Crippen LogP contribution in [0.2, 0.25) is 0 Å². The van der Waals surface area contributed by atoms with Gasteiger partial charge < -0.3 is 15.4 Å². The Labute approximate surface area is 107 Å². The van der Waals surface area contributed by atoms with Crippen molar-refractivity contribution in [2.75, 3.05) is 26.0 Å². The number of nitriles is 1. The summed E-state index contributed by atoms with van der Waals surface area (Å²) in [5, 5.41) is 14.5. The number of nitrogens with zero attached hydrogens (tertiary/aromatic N) is 1. The minimum Gasteiger partial charge on any atom is -0.495 e. The molecule has 0 spiro atoms. The molecule has 0 saturated heterocycles. The molecule has 0 aliphatic carbocycles. The van der Waals surface area contributed by atoms with Crippen molar-refractivity contribution in [1.82, 2.24) is 5.32 Å². The topological polar surface area (TPSA) is 74.2 Å². The SMILES string of the molecule is CNCCCC(=O)Nc1ccc(C#N)cc1OC. The summed E-state index contributed by atoms with van der Waals surface area (Å²) in [6.45, 7) is 0.803. The van der Waals surface area contributed by atoms with E-state index in [2.05, 4.69) is 10.6 Å². The fourth-order valence-electron chi connectivity index (χ4n) is 1.50. The zero-order chi connectivity index (χ0) is 13.4. The van der Waals surface area contributed by atoms with E-state index in [-0.39, 0.29) is 5.91 Å². The molecule has 1 aromatic rings. The van der Waals surface area contributed by atoms with Crippen LogP contribution in [0.5, 0.6) is 5.75 Å². The van der Waals surface area contributed by atoms with Crippen molar-refractivity contribution in [2.24, 2.45) is 0 Å². The second-order valence-electron chi connectivity index (χ2n) is 3.78. The molecular weight excluding hydrogens is 230 g/mol. The van der Waals surface area contributed by atoms with Crippen LogP contribution in [0.25, 0.3) is 0 Å². The second-order valence-corrected chi connectivity index (χ2v) is 3.78. The summed E-state index contributed by atoms with van der Waals surface area (Å²) >= 11 is 0. The van der Waals surface area contributed by atoms with Gasteiger partial charge in [-0.3, -0.25) is 4.79 Å². The molecule has 2 N–H and O–H groups in total. The highest BCUT2D eigenvalue weighted by molar-refractivity contribution is 5.92. The molecule has 18 heavy (non-hydrogen) atoms. The molecule has 5 heteroatoms. The van der Waals surface area contributed by atoms with Crippen LogP contribution in [0.1, 0.15) is 18.4 Å². The Morgan fingerprint density at radius 1 is 1.50 bits per heavy atom. The van der Waals surface area contributed by atoms with Crippen molar-refractivity contribution in [3.8, 4) is 11.8 Å². The highest BCUT2D eigenvalue weighted by atomic mass is 16.5. The van der Waals surface area contributed by atoms with E-state index >= 15 is 0 Å². The lowest BCUT2D eigenvalue weighted by Gasteiger charge is -2.10. The Morgan fingerprint density at radius 3 is 2.89 bits per heavy atom. The average Bonchev–Trinajstić information content (AvgIpc) is 2.39. The summed E-state index contributed by atoms with van der Waals surface area (Å²) in [7, 11) is 3.36. The quantitative estimate of drug-likeness (QED) is 0.747. The molecule has 0 aliphatic heterocycles. The summed E-state index contributed by atoms with van der Waals surface area (Å²) in [5.41, 5.74) is 1.09. The number of anilines is 1. The fraction of sp³-hybridized carbons (Fsp3) is 0.385. The molecule has 0 fully saturated rings. The fourth-order valence-corrected chi connectivity index (χ4v) is 1.50. The van der Waals surface area contributed by atoms with E-state index in [1.165, 1.54) is 7.11 Å². The van der Waals surface area contributed by atoms with E-state index in [1.807, 2.05) is 13.1 Å². The molecule has 96 valence electrons. The molecule has 0 saturated carbocycles. The van der Waals surface area contributed by atoms with E-state index in [0.29, 0.717) is 23.4 Å². The third-order valence-corrected chi connectivity index (χ3v) is 2.44. The minimum atomic E-state index is -0.0618. The molecule has 0 heterocycles. The van der Waals surface area contributed by atoms with Crippen molar-refractivity contribution >= 4 is 11.6 Å². The standard InChI is InChI=1S/C13H17N3O2/c1-15-7-3-4-13(17)16-11-6-5-10(9-14)8-12(11)18-2/h5-6,8,15H,3-4,7H2,1-2H3,(H,16,17). The molecule has 0 radical (unpaired) electrons. The summed E-state index contributed by atoms with van der Waals surface area (Å²) in [6.07, 6.45) is 1.23. The van der Waals surface area contributed by atoms with Crippen molar-refractivity contribution in [1.29, 1.82) is 5.26 Å². The third-order valence-electron chi connectivity index (χ3n) is 2.44. The van der Waals surface area contributed by atoms with Gasteiger partial charge in [-0.2, -0.15) is 5.26 Å². The van der Waals surface area contributed by atoms with Gasteiger partial charge in [-0.05, 0) is 32.1 Å². The van der Waals surface area contributed by atoms with Gasteiger partial charge in [0.05, 0.1) is 24.4 Å². The first kappa shape index (κ1) is 14.0. The highest BCUT2D eigenvalue weighted by Gasteiger charge is 2.08. The molecule has 5 nitrogen and oxygen atoms in total. The van der Waals surface area contributed by atoms with Crippen molar-refractivity contribution < 1.29 is 9.53 Å². The lowest BCUT2D eigenvalue weighted by atomic mass is 10.2. The number of carbonyl (C=O) groups excluding carboxylic acids is 1. The highest BCUT2D eigenvalue weighted by Crippen LogP contribution is 2.25. The maximum absolute atomic E-state index is 11.7. The number of rotatable bonds is 6. The largest absolute Gasteiger partial charge is 0.495 e. The first-order valence-electron chi connectivity index (χ1n) is 5.74. The summed E-state index contributed by atoms with van der Waals surface area (Å²) in [4.78, 5) is 11.7. The Balaban J connectivity index is 2.66. The Kier molecular flexibility index (Phi) is 5.68. The minimum absolute atomic E-state index is 0.0618. The zero-order valence-electron chi connectivity index (χ0n) is 10.6. The predicted molar refractivity (Wildman–Crippen MR) is 69.5 cm³/mol. The summed E-state index contributed by atoms with van der Waals surface area (Å²) in [6, 6.07) is 6.94. The maximum Gasteiger partial charge on any atom is 0.224 e. The Morgan fingerprint density at radius 2 is 2.28 bits per heavy atom. The lowest BCUT2D eigenvalue weighted by molar-refractivity contribution is -0.116. The van der Waals surface area contributed by atoms with Gasteiger partial charge in [-0.25, -0.2) is 0 Å². The van der Waals surface area contributed by atoms with Gasteiger partial charge in [0.15, 0.2) is 0 Å². The van der Waals surface area contributed by atoms with E-state index in [1.54, 1.807) is 18.2 Å². The lowest BCUT2D eigenvalue weighted by Crippen LogP contribution is -2.15. The number of ether oxygens (including phenoxy) is 1. The monoisotopic (exact) mass is 247 g/mol. The van der Waals surface area contributed by atoms with Gasteiger partial charge in [-0.15, -0.1) is 0 Å². The molecule has 0 aliphatic rings. The molecule has 0 bridgehead atoms. The van der Waals surface area contributed by atoms with Gasteiger partial charge in [-0.1, -0.05) is 0 Å². The predicted octanol–water partition coefficient (Wildman–Crippen LogP) is 1.50. The van der Waals surface area contributed by atoms with E-state index < -0.39 is 0 Å². The third kappa shape index (κ3) is 4.07. The first-order chi connectivity index (χ1) is 8.71. The van der Waals surface area contributed by atoms with Crippen LogP contribution in [0.3, 0.4) is 0 Å². The second kappa shape index (κ2) is 7.30.